The molecule has 0 aliphatic rings. The Morgan fingerprint density at radius 1 is 0.875 bits per heavy atom. The van der Waals surface area contributed by atoms with E-state index in [-0.39, 0.29) is 11.8 Å². The van der Waals surface area contributed by atoms with E-state index in [1.54, 1.807) is 50.5 Å². The number of hydrogen-bond acceptors (Lipinski definition) is 6. The van der Waals surface area contributed by atoms with Crippen LogP contribution < -0.4 is 22.1 Å². The van der Waals surface area contributed by atoms with Crippen molar-refractivity contribution < 1.29 is 9.59 Å². The van der Waals surface area contributed by atoms with Gasteiger partial charge in [0.25, 0.3) is 0 Å². The van der Waals surface area contributed by atoms with Crippen molar-refractivity contribution in [2.75, 3.05) is 10.6 Å². The molecule has 0 saturated carbocycles. The van der Waals surface area contributed by atoms with Crippen LogP contribution in [0.2, 0.25) is 0 Å². The molecular weight excluding hydrogens is 308 g/mol. The minimum atomic E-state index is -0.668. The third-order valence-corrected chi connectivity index (χ3v) is 3.18. The highest BCUT2D eigenvalue weighted by molar-refractivity contribution is 6.00. The van der Waals surface area contributed by atoms with Crippen molar-refractivity contribution in [1.29, 1.82) is 0 Å². The second-order valence-corrected chi connectivity index (χ2v) is 5.35. The van der Waals surface area contributed by atoms with Crippen LogP contribution in [0.25, 0.3) is 11.4 Å². The highest BCUT2D eigenvalue weighted by Crippen LogP contribution is 2.29. The largest absolute Gasteiger partial charge is 0.323 e. The average Bonchev–Trinajstić information content (AvgIpc) is 2.55. The average molecular weight is 328 g/mol. The summed E-state index contributed by atoms with van der Waals surface area (Å²) in [4.78, 5) is 32.3. The van der Waals surface area contributed by atoms with E-state index in [1.807, 2.05) is 0 Å². The van der Waals surface area contributed by atoms with Crippen molar-refractivity contribution in [3.8, 4) is 11.4 Å². The maximum absolute atomic E-state index is 11.9. The van der Waals surface area contributed by atoms with E-state index < -0.39 is 12.1 Å². The molecule has 0 aliphatic heterocycles. The zero-order valence-corrected chi connectivity index (χ0v) is 13.5. The molecule has 24 heavy (non-hydrogen) atoms. The Bertz CT molecular complexity index is 681. The summed E-state index contributed by atoms with van der Waals surface area (Å²) in [5.41, 5.74) is 12.9. The normalized spacial score (nSPS) is 13.0. The second-order valence-electron chi connectivity index (χ2n) is 5.35. The van der Waals surface area contributed by atoms with Crippen molar-refractivity contribution >= 4 is 23.2 Å². The minimum Gasteiger partial charge on any atom is -0.323 e. The van der Waals surface area contributed by atoms with Crippen LogP contribution in [0.4, 0.5) is 11.4 Å². The SMILES string of the molecule is C[C@H](N)C(=O)Nc1cccnc1-c1ncccc1NC(=O)[C@H](C)N. The summed E-state index contributed by atoms with van der Waals surface area (Å²) < 4.78 is 0. The molecule has 8 nitrogen and oxygen atoms in total. The molecule has 0 spiro atoms. The van der Waals surface area contributed by atoms with Gasteiger partial charge in [0.1, 0.15) is 11.4 Å². The minimum absolute atomic E-state index is 0.346. The molecule has 0 bridgehead atoms. The third-order valence-electron chi connectivity index (χ3n) is 3.18. The van der Waals surface area contributed by atoms with Crippen molar-refractivity contribution in [3.63, 3.8) is 0 Å². The molecule has 0 radical (unpaired) electrons. The number of aromatic nitrogens is 2. The number of carbonyl (C=O) groups excluding carboxylic acids is 2. The molecule has 126 valence electrons. The van der Waals surface area contributed by atoms with E-state index in [0.29, 0.717) is 22.8 Å². The fourth-order valence-electron chi connectivity index (χ4n) is 1.88. The molecule has 8 heteroatoms. The van der Waals surface area contributed by atoms with E-state index in [9.17, 15) is 9.59 Å². The number of rotatable bonds is 5. The lowest BCUT2D eigenvalue weighted by molar-refractivity contribution is -0.117. The Balaban J connectivity index is 2.42. The third kappa shape index (κ3) is 4.12. The molecule has 0 fully saturated rings. The molecule has 0 saturated heterocycles. The fourth-order valence-corrected chi connectivity index (χ4v) is 1.88. The van der Waals surface area contributed by atoms with E-state index >= 15 is 0 Å². The van der Waals surface area contributed by atoms with Crippen LogP contribution in [0.1, 0.15) is 13.8 Å². The van der Waals surface area contributed by atoms with Gasteiger partial charge in [-0.3, -0.25) is 19.6 Å². The van der Waals surface area contributed by atoms with Crippen LogP contribution in [0.15, 0.2) is 36.7 Å². The summed E-state index contributed by atoms with van der Waals surface area (Å²) in [7, 11) is 0. The van der Waals surface area contributed by atoms with E-state index in [2.05, 4.69) is 20.6 Å². The van der Waals surface area contributed by atoms with Crippen molar-refractivity contribution in [2.24, 2.45) is 11.5 Å². The number of nitrogens with one attached hydrogen (secondary N) is 2. The number of nitrogens with zero attached hydrogens (tertiary/aromatic N) is 2. The zero-order valence-electron chi connectivity index (χ0n) is 13.5. The smallest absolute Gasteiger partial charge is 0.241 e. The molecule has 2 rings (SSSR count). The Morgan fingerprint density at radius 2 is 1.25 bits per heavy atom. The van der Waals surface area contributed by atoms with Gasteiger partial charge in [0, 0.05) is 12.4 Å². The summed E-state index contributed by atoms with van der Waals surface area (Å²) in [5, 5.41) is 5.42. The summed E-state index contributed by atoms with van der Waals surface area (Å²) in [6.07, 6.45) is 3.14. The van der Waals surface area contributed by atoms with Crippen LogP contribution in [0.5, 0.6) is 0 Å². The molecule has 0 unspecified atom stereocenters. The van der Waals surface area contributed by atoms with Gasteiger partial charge in [0.2, 0.25) is 11.8 Å². The molecule has 0 aromatic carbocycles. The van der Waals surface area contributed by atoms with Gasteiger partial charge in [-0.2, -0.15) is 0 Å². The number of carbonyl (C=O) groups is 2. The summed E-state index contributed by atoms with van der Waals surface area (Å²) in [6, 6.07) is 5.41. The lowest BCUT2D eigenvalue weighted by Gasteiger charge is -2.15. The highest BCUT2D eigenvalue weighted by Gasteiger charge is 2.17. The predicted molar refractivity (Wildman–Crippen MR) is 92.0 cm³/mol. The summed E-state index contributed by atoms with van der Waals surface area (Å²) >= 11 is 0. The summed E-state index contributed by atoms with van der Waals surface area (Å²) in [5.74, 6) is -0.692. The van der Waals surface area contributed by atoms with Crippen LogP contribution in [-0.4, -0.2) is 33.9 Å². The first-order chi connectivity index (χ1) is 11.4. The van der Waals surface area contributed by atoms with Gasteiger partial charge < -0.3 is 22.1 Å². The Hall–Kier alpha value is -2.84. The topological polar surface area (TPSA) is 136 Å². The van der Waals surface area contributed by atoms with Crippen molar-refractivity contribution in [2.45, 2.75) is 25.9 Å². The van der Waals surface area contributed by atoms with E-state index in [1.165, 1.54) is 0 Å². The number of hydrogen-bond donors (Lipinski definition) is 4. The number of anilines is 2. The molecule has 2 heterocycles. The van der Waals surface area contributed by atoms with Crippen LogP contribution in [0, 0.1) is 0 Å². The van der Waals surface area contributed by atoms with Crippen molar-refractivity contribution in [1.82, 2.24) is 9.97 Å². The molecule has 0 aliphatic carbocycles. The lowest BCUT2D eigenvalue weighted by Crippen LogP contribution is -2.33. The summed E-state index contributed by atoms with van der Waals surface area (Å²) in [6.45, 7) is 3.17. The van der Waals surface area contributed by atoms with Crippen molar-refractivity contribution in [3.05, 3.63) is 36.7 Å². The quantitative estimate of drug-likeness (QED) is 0.638. The maximum Gasteiger partial charge on any atom is 0.241 e. The maximum atomic E-state index is 11.9. The van der Waals surface area contributed by atoms with Gasteiger partial charge in [-0.1, -0.05) is 0 Å². The van der Waals surface area contributed by atoms with Gasteiger partial charge in [0.05, 0.1) is 23.5 Å². The molecule has 2 aromatic heterocycles. The van der Waals surface area contributed by atoms with Crippen LogP contribution in [-0.2, 0) is 9.59 Å². The van der Waals surface area contributed by atoms with E-state index in [0.717, 1.165) is 0 Å². The first-order valence-corrected chi connectivity index (χ1v) is 7.43. The van der Waals surface area contributed by atoms with Gasteiger partial charge in [-0.15, -0.1) is 0 Å². The van der Waals surface area contributed by atoms with E-state index in [4.69, 9.17) is 11.5 Å². The van der Waals surface area contributed by atoms with Gasteiger partial charge in [0.15, 0.2) is 0 Å². The lowest BCUT2D eigenvalue weighted by atomic mass is 10.1. The molecule has 2 aromatic rings. The number of amides is 2. The molecule has 2 amide bonds. The fraction of sp³-hybridized carbons (Fsp3) is 0.250. The Labute approximate surface area is 139 Å². The Morgan fingerprint density at radius 3 is 1.58 bits per heavy atom. The molecular formula is C16H20N6O2. The monoisotopic (exact) mass is 328 g/mol. The Kier molecular flexibility index (Phi) is 5.56. The number of pyridine rings is 2. The molecule has 2 atom stereocenters. The first-order valence-electron chi connectivity index (χ1n) is 7.43. The van der Waals surface area contributed by atoms with Gasteiger partial charge >= 0.3 is 0 Å². The van der Waals surface area contributed by atoms with Crippen LogP contribution >= 0.6 is 0 Å². The van der Waals surface area contributed by atoms with Gasteiger partial charge in [-0.25, -0.2) is 0 Å². The number of nitrogens with two attached hydrogens (primary N) is 2. The standard InChI is InChI=1S/C16H20N6O2/c1-9(17)15(23)21-11-5-3-7-19-13(11)14-12(6-4-8-20-14)22-16(24)10(2)18/h3-10H,17-18H2,1-2H3,(H,21,23)(H,22,24)/t9-,10-/m0/s1. The van der Waals surface area contributed by atoms with Crippen LogP contribution in [0.3, 0.4) is 0 Å². The molecule has 6 N–H and O–H groups in total. The van der Waals surface area contributed by atoms with Gasteiger partial charge in [-0.05, 0) is 38.1 Å². The predicted octanol–water partition coefficient (Wildman–Crippen LogP) is 0.715. The zero-order chi connectivity index (χ0) is 17.7. The first kappa shape index (κ1) is 17.5. The highest BCUT2D eigenvalue weighted by atomic mass is 16.2. The second kappa shape index (κ2) is 7.62.